The molecule has 8 heteroatoms. The minimum Gasteiger partial charge on any atom is -0.507 e. The first-order chi connectivity index (χ1) is 14.2. The molecule has 1 aromatic carbocycles. The Balaban J connectivity index is 1.50. The van der Waals surface area contributed by atoms with Crippen LogP contribution in [0.4, 0.5) is 5.82 Å². The van der Waals surface area contributed by atoms with Gasteiger partial charge in [-0.2, -0.15) is 0 Å². The van der Waals surface area contributed by atoms with Crippen LogP contribution in [0, 0.1) is 0 Å². The van der Waals surface area contributed by atoms with Gasteiger partial charge in [0.1, 0.15) is 11.6 Å². The summed E-state index contributed by atoms with van der Waals surface area (Å²) in [6.45, 7) is 7.15. The predicted octanol–water partition coefficient (Wildman–Crippen LogP) is 1.30. The van der Waals surface area contributed by atoms with E-state index in [1.807, 2.05) is 31.3 Å². The van der Waals surface area contributed by atoms with Crippen molar-refractivity contribution in [3.05, 3.63) is 54.2 Å². The number of para-hydroxylation sites is 1. The van der Waals surface area contributed by atoms with Crippen LogP contribution >= 0.6 is 0 Å². The van der Waals surface area contributed by atoms with Crippen molar-refractivity contribution in [1.82, 2.24) is 20.5 Å². The smallest absolute Gasteiger partial charge is 0.255 e. The molecule has 3 rings (SSSR count). The van der Waals surface area contributed by atoms with Gasteiger partial charge in [-0.1, -0.05) is 18.2 Å². The van der Waals surface area contributed by atoms with Crippen LogP contribution < -0.4 is 15.5 Å². The molecule has 0 saturated carbocycles. The van der Waals surface area contributed by atoms with Gasteiger partial charge in [0.25, 0.3) is 5.91 Å². The largest absolute Gasteiger partial charge is 0.507 e. The molecule has 0 atom stereocenters. The van der Waals surface area contributed by atoms with Crippen molar-refractivity contribution < 1.29 is 9.90 Å². The molecular formula is C21H28N6O2. The van der Waals surface area contributed by atoms with E-state index in [2.05, 4.69) is 30.4 Å². The average Bonchev–Trinajstić information content (AvgIpc) is 2.77. The van der Waals surface area contributed by atoms with E-state index < -0.39 is 0 Å². The Morgan fingerprint density at radius 2 is 1.86 bits per heavy atom. The van der Waals surface area contributed by atoms with E-state index in [0.29, 0.717) is 13.1 Å². The molecule has 8 nitrogen and oxygen atoms in total. The third-order valence-corrected chi connectivity index (χ3v) is 4.69. The number of nitrogens with zero attached hydrogens (tertiary/aromatic N) is 4. The van der Waals surface area contributed by atoms with Crippen LogP contribution in [0.3, 0.4) is 0 Å². The number of benzene rings is 1. The summed E-state index contributed by atoms with van der Waals surface area (Å²) in [7, 11) is 0. The van der Waals surface area contributed by atoms with E-state index in [4.69, 9.17) is 0 Å². The normalized spacial score (nSPS) is 14.6. The predicted molar refractivity (Wildman–Crippen MR) is 114 cm³/mol. The topological polar surface area (TPSA) is 93.1 Å². The number of aliphatic imine (C=N–C) groups is 1. The molecule has 1 saturated heterocycles. The highest BCUT2D eigenvalue weighted by molar-refractivity contribution is 5.96. The van der Waals surface area contributed by atoms with Crippen LogP contribution in [-0.2, 0) is 0 Å². The van der Waals surface area contributed by atoms with Crippen LogP contribution in [0.15, 0.2) is 53.7 Å². The lowest BCUT2D eigenvalue weighted by molar-refractivity contribution is 0.0952. The van der Waals surface area contributed by atoms with Crippen LogP contribution in [0.1, 0.15) is 17.3 Å². The first kappa shape index (κ1) is 20.4. The van der Waals surface area contributed by atoms with Crippen molar-refractivity contribution in [1.29, 1.82) is 0 Å². The highest BCUT2D eigenvalue weighted by atomic mass is 16.3. The molecule has 1 aliphatic rings. The van der Waals surface area contributed by atoms with Crippen molar-refractivity contribution in [2.24, 2.45) is 4.99 Å². The third-order valence-electron chi connectivity index (χ3n) is 4.69. The summed E-state index contributed by atoms with van der Waals surface area (Å²) in [6.07, 6.45) is 1.82. The Hall–Kier alpha value is -3.29. The summed E-state index contributed by atoms with van der Waals surface area (Å²) in [5.41, 5.74) is 0.272. The molecule has 29 heavy (non-hydrogen) atoms. The molecule has 0 radical (unpaired) electrons. The highest BCUT2D eigenvalue weighted by Crippen LogP contribution is 2.15. The number of phenols is 1. The molecule has 1 aromatic heterocycles. The first-order valence-electron chi connectivity index (χ1n) is 9.94. The Morgan fingerprint density at radius 3 is 2.55 bits per heavy atom. The lowest BCUT2D eigenvalue weighted by atomic mass is 10.2. The number of pyridine rings is 1. The molecule has 1 aliphatic heterocycles. The highest BCUT2D eigenvalue weighted by Gasteiger charge is 2.20. The van der Waals surface area contributed by atoms with Crippen LogP contribution in [0.5, 0.6) is 5.75 Å². The van der Waals surface area contributed by atoms with Gasteiger partial charge in [-0.15, -0.1) is 0 Å². The van der Waals surface area contributed by atoms with Gasteiger partial charge >= 0.3 is 0 Å². The molecule has 3 N–H and O–H groups in total. The summed E-state index contributed by atoms with van der Waals surface area (Å²) in [6, 6.07) is 12.5. The van der Waals surface area contributed by atoms with Gasteiger partial charge in [-0.3, -0.25) is 9.79 Å². The average molecular weight is 396 g/mol. The number of carbonyl (C=O) groups is 1. The number of aromatic hydroxyl groups is 1. The molecular weight excluding hydrogens is 368 g/mol. The maximum Gasteiger partial charge on any atom is 0.255 e. The molecule has 0 unspecified atom stereocenters. The number of piperazine rings is 1. The Kier molecular flexibility index (Phi) is 7.27. The van der Waals surface area contributed by atoms with Crippen LogP contribution in [0.2, 0.25) is 0 Å². The Morgan fingerprint density at radius 1 is 1.10 bits per heavy atom. The summed E-state index contributed by atoms with van der Waals surface area (Å²) >= 11 is 0. The minimum absolute atomic E-state index is 0.0207. The molecule has 0 aliphatic carbocycles. The van der Waals surface area contributed by atoms with Crippen molar-refractivity contribution in [2.45, 2.75) is 6.92 Å². The number of hydrogen-bond donors (Lipinski definition) is 3. The number of aromatic nitrogens is 1. The Labute approximate surface area is 171 Å². The number of carbonyl (C=O) groups excluding carboxylic acids is 1. The zero-order valence-corrected chi connectivity index (χ0v) is 16.7. The lowest BCUT2D eigenvalue weighted by Gasteiger charge is -2.37. The van der Waals surface area contributed by atoms with Gasteiger partial charge in [-0.05, 0) is 31.2 Å². The SMILES string of the molecule is CCNC(=NCCNC(=O)c1ccccc1O)N1CCN(c2ccccn2)CC1. The second-order valence-corrected chi connectivity index (χ2v) is 6.67. The molecule has 0 spiro atoms. The second-order valence-electron chi connectivity index (χ2n) is 6.67. The summed E-state index contributed by atoms with van der Waals surface area (Å²) in [4.78, 5) is 25.7. The number of anilines is 1. The maximum absolute atomic E-state index is 12.2. The van der Waals surface area contributed by atoms with Gasteiger partial charge in [-0.25, -0.2) is 4.98 Å². The number of amides is 1. The van der Waals surface area contributed by atoms with Gasteiger partial charge < -0.3 is 25.5 Å². The number of nitrogens with one attached hydrogen (secondary N) is 2. The van der Waals surface area contributed by atoms with Gasteiger partial charge in [0.2, 0.25) is 0 Å². The number of hydrogen-bond acceptors (Lipinski definition) is 5. The second kappa shape index (κ2) is 10.3. The van der Waals surface area contributed by atoms with Crippen LogP contribution in [0.25, 0.3) is 0 Å². The quantitative estimate of drug-likeness (QED) is 0.387. The lowest BCUT2D eigenvalue weighted by Crippen LogP contribution is -2.52. The minimum atomic E-state index is -0.299. The number of phenolic OH excluding ortho intramolecular Hbond substituents is 1. The standard InChI is InChI=1S/C21H28N6O2/c1-2-22-21(25-12-11-24-20(29)17-7-3-4-8-18(17)28)27-15-13-26(14-16-27)19-9-5-6-10-23-19/h3-10,28H,2,11-16H2,1H3,(H,22,25)(H,24,29). The van der Waals surface area contributed by atoms with Crippen molar-refractivity contribution in [3.8, 4) is 5.75 Å². The summed E-state index contributed by atoms with van der Waals surface area (Å²) < 4.78 is 0. The fraction of sp³-hybridized carbons (Fsp3) is 0.381. The fourth-order valence-corrected chi connectivity index (χ4v) is 3.21. The summed E-state index contributed by atoms with van der Waals surface area (Å²) in [5, 5.41) is 15.9. The summed E-state index contributed by atoms with van der Waals surface area (Å²) in [5.74, 6) is 1.53. The van der Waals surface area contributed by atoms with Crippen molar-refractivity contribution >= 4 is 17.7 Å². The van der Waals surface area contributed by atoms with E-state index in [9.17, 15) is 9.90 Å². The van der Waals surface area contributed by atoms with Gasteiger partial charge in [0, 0.05) is 45.5 Å². The monoisotopic (exact) mass is 396 g/mol. The molecule has 1 amide bonds. The van der Waals surface area contributed by atoms with E-state index in [1.54, 1.807) is 18.2 Å². The van der Waals surface area contributed by atoms with Crippen molar-refractivity contribution in [3.63, 3.8) is 0 Å². The molecule has 1 fully saturated rings. The zero-order valence-electron chi connectivity index (χ0n) is 16.7. The van der Waals surface area contributed by atoms with Crippen LogP contribution in [-0.4, -0.2) is 72.7 Å². The molecule has 0 bridgehead atoms. The third kappa shape index (κ3) is 5.60. The maximum atomic E-state index is 12.2. The van der Waals surface area contributed by atoms with E-state index in [-0.39, 0.29) is 17.2 Å². The zero-order chi connectivity index (χ0) is 20.5. The van der Waals surface area contributed by atoms with Gasteiger partial charge in [0.05, 0.1) is 12.1 Å². The first-order valence-corrected chi connectivity index (χ1v) is 9.94. The molecule has 2 heterocycles. The Bertz CT molecular complexity index is 819. The van der Waals surface area contributed by atoms with E-state index in [0.717, 1.165) is 44.5 Å². The molecule has 154 valence electrons. The van der Waals surface area contributed by atoms with Gasteiger partial charge in [0.15, 0.2) is 5.96 Å². The van der Waals surface area contributed by atoms with Crippen molar-refractivity contribution in [2.75, 3.05) is 50.7 Å². The van der Waals surface area contributed by atoms with E-state index >= 15 is 0 Å². The molecule has 2 aromatic rings. The van der Waals surface area contributed by atoms with E-state index in [1.165, 1.54) is 6.07 Å². The number of guanidine groups is 1. The number of rotatable bonds is 6. The fourth-order valence-electron chi connectivity index (χ4n) is 3.21.